The highest BCUT2D eigenvalue weighted by Gasteiger charge is 2.43. The Balaban J connectivity index is 1.47. The molecule has 0 unspecified atom stereocenters. The van der Waals surface area contributed by atoms with Gasteiger partial charge in [-0.1, -0.05) is 123 Å². The van der Waals surface area contributed by atoms with E-state index in [-0.39, 0.29) is 5.41 Å². The Morgan fingerprint density at radius 2 is 1.07 bits per heavy atom. The fourth-order valence-corrected chi connectivity index (χ4v) is 6.88. The van der Waals surface area contributed by atoms with Crippen LogP contribution in [0.5, 0.6) is 0 Å². The van der Waals surface area contributed by atoms with Crippen molar-refractivity contribution in [3.8, 4) is 22.3 Å². The van der Waals surface area contributed by atoms with Gasteiger partial charge in [0.05, 0.1) is 28.4 Å². The molecule has 0 bridgehead atoms. The average molecular weight is 527 g/mol. The lowest BCUT2D eigenvalue weighted by molar-refractivity contribution is 0.633. The first kappa shape index (κ1) is 23.8. The molecule has 0 saturated heterocycles. The molecule has 2 heterocycles. The highest BCUT2D eigenvalue weighted by Crippen LogP contribution is 2.62. The van der Waals surface area contributed by atoms with Crippen molar-refractivity contribution in [1.29, 1.82) is 0 Å². The Kier molecular flexibility index (Phi) is 5.20. The second-order valence-corrected chi connectivity index (χ2v) is 11.4. The monoisotopic (exact) mass is 526 g/mol. The lowest BCUT2D eigenvalue weighted by atomic mass is 9.70. The molecule has 0 aliphatic carbocycles. The summed E-state index contributed by atoms with van der Waals surface area (Å²) >= 11 is 0. The predicted molar refractivity (Wildman–Crippen MR) is 172 cm³/mol. The third-order valence-corrected chi connectivity index (χ3v) is 8.72. The molecule has 0 saturated carbocycles. The number of para-hydroxylation sites is 2. The smallest absolute Gasteiger partial charge is 0.0744 e. The van der Waals surface area contributed by atoms with E-state index in [9.17, 15) is 0 Å². The average Bonchev–Trinajstić information content (AvgIpc) is 3.03. The summed E-state index contributed by atoms with van der Waals surface area (Å²) in [4.78, 5) is 4.96. The van der Waals surface area contributed by atoms with E-state index in [1.54, 1.807) is 0 Å². The molecule has 41 heavy (non-hydrogen) atoms. The number of benzene rings is 6. The summed E-state index contributed by atoms with van der Waals surface area (Å²) in [7, 11) is 0. The lowest BCUT2D eigenvalue weighted by Crippen LogP contribution is -2.35. The maximum atomic E-state index is 2.53. The number of anilines is 6. The summed E-state index contributed by atoms with van der Waals surface area (Å²) in [6.45, 7) is 4.77. The molecule has 6 aromatic rings. The molecule has 0 aromatic heterocycles. The van der Waals surface area contributed by atoms with Crippen LogP contribution in [0.1, 0.15) is 25.0 Å². The minimum absolute atomic E-state index is 0.208. The van der Waals surface area contributed by atoms with E-state index in [1.165, 1.54) is 61.8 Å². The summed E-state index contributed by atoms with van der Waals surface area (Å²) in [5, 5.41) is 0. The first-order valence-electron chi connectivity index (χ1n) is 14.3. The molecule has 0 atom stereocenters. The van der Waals surface area contributed by atoms with Crippen molar-refractivity contribution in [3.63, 3.8) is 0 Å². The van der Waals surface area contributed by atoms with Crippen LogP contribution < -0.4 is 9.80 Å². The number of hydrogen-bond acceptors (Lipinski definition) is 2. The van der Waals surface area contributed by atoms with E-state index < -0.39 is 0 Å². The zero-order valence-corrected chi connectivity index (χ0v) is 23.3. The van der Waals surface area contributed by atoms with Gasteiger partial charge in [0.2, 0.25) is 0 Å². The second kappa shape index (κ2) is 8.97. The minimum atomic E-state index is -0.208. The van der Waals surface area contributed by atoms with Crippen LogP contribution in [-0.4, -0.2) is 0 Å². The first-order valence-corrected chi connectivity index (χ1v) is 14.3. The fraction of sp³-hybridized carbons (Fsp3) is 0.0769. The third kappa shape index (κ3) is 3.50. The first-order chi connectivity index (χ1) is 20.1. The number of nitrogens with zero attached hydrogens (tertiary/aromatic N) is 2. The Hall–Kier alpha value is -5.08. The van der Waals surface area contributed by atoms with Crippen molar-refractivity contribution >= 4 is 34.1 Å². The predicted octanol–water partition coefficient (Wildman–Crippen LogP) is 10.9. The van der Waals surface area contributed by atoms with Gasteiger partial charge in [-0.3, -0.25) is 0 Å². The van der Waals surface area contributed by atoms with Crippen LogP contribution in [0.2, 0.25) is 0 Å². The summed E-state index contributed by atoms with van der Waals surface area (Å²) < 4.78 is 0. The van der Waals surface area contributed by atoms with Crippen LogP contribution in [-0.2, 0) is 5.41 Å². The largest absolute Gasteiger partial charge is 0.306 e. The van der Waals surface area contributed by atoms with E-state index in [0.717, 1.165) is 5.69 Å². The molecular weight excluding hydrogens is 496 g/mol. The number of fused-ring (bicyclic) bond motifs is 4. The fourth-order valence-electron chi connectivity index (χ4n) is 6.88. The maximum absolute atomic E-state index is 2.53. The topological polar surface area (TPSA) is 6.48 Å². The van der Waals surface area contributed by atoms with E-state index in [4.69, 9.17) is 0 Å². The van der Waals surface area contributed by atoms with Crippen LogP contribution in [0.15, 0.2) is 146 Å². The second-order valence-electron chi connectivity index (χ2n) is 11.4. The van der Waals surface area contributed by atoms with Crippen molar-refractivity contribution in [3.05, 3.63) is 157 Å². The molecule has 0 spiro atoms. The molecule has 2 nitrogen and oxygen atoms in total. The molecule has 2 heteroatoms. The van der Waals surface area contributed by atoms with Gasteiger partial charge < -0.3 is 9.80 Å². The Labute approximate surface area is 241 Å². The van der Waals surface area contributed by atoms with Gasteiger partial charge in [-0.05, 0) is 69.8 Å². The van der Waals surface area contributed by atoms with Gasteiger partial charge in [0.25, 0.3) is 0 Å². The standard InChI is InChI=1S/C39H30N2/c1-39(2)32-21-13-23-35-38(32)41(34-22-12-20-31(37(34)39)28-16-8-4-9-17-28)36-26-29(27-14-6-3-7-15-27)24-25-33(36)40(35)30-18-10-5-11-19-30/h3-26H,1-2H3. The number of hydrogen-bond donors (Lipinski definition) is 0. The SMILES string of the molecule is CC1(C)c2cccc3c2N(c2cc(-c4ccccc4)ccc2N3c2ccccc2)c2cccc(-c3ccccc3)c21. The van der Waals surface area contributed by atoms with E-state index >= 15 is 0 Å². The molecule has 0 fully saturated rings. The molecule has 2 aliphatic heterocycles. The number of rotatable bonds is 3. The van der Waals surface area contributed by atoms with Crippen LogP contribution >= 0.6 is 0 Å². The molecule has 8 rings (SSSR count). The van der Waals surface area contributed by atoms with Crippen molar-refractivity contribution in [2.75, 3.05) is 9.80 Å². The quantitative estimate of drug-likeness (QED) is 0.226. The molecule has 0 amide bonds. The van der Waals surface area contributed by atoms with Crippen molar-refractivity contribution < 1.29 is 0 Å². The third-order valence-electron chi connectivity index (χ3n) is 8.72. The Morgan fingerprint density at radius 1 is 0.439 bits per heavy atom. The van der Waals surface area contributed by atoms with Crippen LogP contribution in [0.3, 0.4) is 0 Å². The molecule has 0 N–H and O–H groups in total. The molecule has 0 radical (unpaired) electrons. The van der Waals surface area contributed by atoms with Gasteiger partial charge in [-0.15, -0.1) is 0 Å². The van der Waals surface area contributed by atoms with Gasteiger partial charge in [-0.2, -0.15) is 0 Å². The summed E-state index contributed by atoms with van der Waals surface area (Å²) in [6.07, 6.45) is 0. The summed E-state index contributed by atoms with van der Waals surface area (Å²) in [6, 6.07) is 52.8. The molecular formula is C39H30N2. The van der Waals surface area contributed by atoms with E-state index in [1.807, 2.05) is 0 Å². The highest BCUT2D eigenvalue weighted by molar-refractivity contribution is 6.06. The van der Waals surface area contributed by atoms with Gasteiger partial charge in [0.1, 0.15) is 0 Å². The van der Waals surface area contributed by atoms with Crippen molar-refractivity contribution in [1.82, 2.24) is 0 Å². The molecule has 6 aromatic carbocycles. The van der Waals surface area contributed by atoms with Gasteiger partial charge in [0, 0.05) is 11.1 Å². The van der Waals surface area contributed by atoms with Crippen LogP contribution in [0.25, 0.3) is 22.3 Å². The normalized spacial score (nSPS) is 14.2. The Bertz CT molecular complexity index is 1910. The van der Waals surface area contributed by atoms with Crippen molar-refractivity contribution in [2.45, 2.75) is 19.3 Å². The Morgan fingerprint density at radius 3 is 1.80 bits per heavy atom. The van der Waals surface area contributed by atoms with E-state index in [0.29, 0.717) is 0 Å². The zero-order valence-electron chi connectivity index (χ0n) is 23.3. The van der Waals surface area contributed by atoms with Crippen molar-refractivity contribution in [2.24, 2.45) is 0 Å². The van der Waals surface area contributed by atoms with Gasteiger partial charge in [-0.25, -0.2) is 0 Å². The van der Waals surface area contributed by atoms with Gasteiger partial charge in [0.15, 0.2) is 0 Å². The van der Waals surface area contributed by atoms with E-state index in [2.05, 4.69) is 169 Å². The maximum Gasteiger partial charge on any atom is 0.0744 e. The van der Waals surface area contributed by atoms with Crippen LogP contribution in [0.4, 0.5) is 34.1 Å². The molecule has 196 valence electrons. The van der Waals surface area contributed by atoms with Crippen LogP contribution in [0, 0.1) is 0 Å². The van der Waals surface area contributed by atoms with Gasteiger partial charge >= 0.3 is 0 Å². The summed E-state index contributed by atoms with van der Waals surface area (Å²) in [5.74, 6) is 0. The summed E-state index contributed by atoms with van der Waals surface area (Å²) in [5.41, 5.74) is 14.7. The highest BCUT2D eigenvalue weighted by atomic mass is 15.3. The molecule has 2 aliphatic rings. The minimum Gasteiger partial charge on any atom is -0.306 e. The zero-order chi connectivity index (χ0) is 27.6. The lowest BCUT2D eigenvalue weighted by Gasteiger charge is -2.49.